The van der Waals surface area contributed by atoms with Gasteiger partial charge in [-0.25, -0.2) is 0 Å². The molecule has 1 aromatic heterocycles. The Morgan fingerprint density at radius 3 is 2.71 bits per heavy atom. The summed E-state index contributed by atoms with van der Waals surface area (Å²) in [6, 6.07) is 12.9. The van der Waals surface area contributed by atoms with E-state index in [2.05, 4.69) is 38.1 Å². The van der Waals surface area contributed by atoms with Crippen LogP contribution < -0.4 is 10.1 Å². The van der Waals surface area contributed by atoms with Gasteiger partial charge in [0.25, 0.3) is 5.91 Å². The highest BCUT2D eigenvalue weighted by Gasteiger charge is 2.07. The number of hydrogen-bond donors (Lipinski definition) is 1. The van der Waals surface area contributed by atoms with Gasteiger partial charge in [0, 0.05) is 14.8 Å². The Labute approximate surface area is 152 Å². The van der Waals surface area contributed by atoms with Crippen LogP contribution in [0.3, 0.4) is 0 Å². The van der Waals surface area contributed by atoms with Gasteiger partial charge >= 0.3 is 0 Å². The number of nitrogens with zero attached hydrogens (tertiary/aromatic N) is 2. The van der Waals surface area contributed by atoms with Crippen LogP contribution in [0.15, 0.2) is 53.3 Å². The highest BCUT2D eigenvalue weighted by Crippen LogP contribution is 2.20. The number of ether oxygens (including phenoxy) is 1. The standard InChI is InChI=1S/C17H14IN3O3/c1-11-8-13(18)4-7-15(11)20-16(22)9-23-14-5-2-12(3-6-14)17-21-19-10-24-17/h2-8,10H,9H2,1H3,(H,20,22). The molecule has 3 rings (SSSR count). The lowest BCUT2D eigenvalue weighted by Crippen LogP contribution is -2.20. The van der Waals surface area contributed by atoms with Crippen LogP contribution in [0.4, 0.5) is 5.69 Å². The first-order valence-electron chi connectivity index (χ1n) is 7.17. The monoisotopic (exact) mass is 435 g/mol. The molecule has 0 radical (unpaired) electrons. The van der Waals surface area contributed by atoms with Gasteiger partial charge in [0.2, 0.25) is 12.3 Å². The number of benzene rings is 2. The van der Waals surface area contributed by atoms with E-state index >= 15 is 0 Å². The van der Waals surface area contributed by atoms with Gasteiger partial charge in [0.05, 0.1) is 0 Å². The molecule has 6 nitrogen and oxygen atoms in total. The summed E-state index contributed by atoms with van der Waals surface area (Å²) >= 11 is 2.23. The maximum Gasteiger partial charge on any atom is 0.262 e. The van der Waals surface area contributed by atoms with Crippen molar-refractivity contribution in [3.63, 3.8) is 0 Å². The van der Waals surface area contributed by atoms with Crippen LogP contribution in [0, 0.1) is 10.5 Å². The summed E-state index contributed by atoms with van der Waals surface area (Å²) in [7, 11) is 0. The molecule has 3 aromatic rings. The number of aryl methyl sites for hydroxylation is 1. The maximum absolute atomic E-state index is 12.0. The van der Waals surface area contributed by atoms with E-state index in [1.54, 1.807) is 24.3 Å². The van der Waals surface area contributed by atoms with Crippen LogP contribution in [0.5, 0.6) is 5.75 Å². The van der Waals surface area contributed by atoms with Gasteiger partial charge in [-0.3, -0.25) is 4.79 Å². The largest absolute Gasteiger partial charge is 0.484 e. The van der Waals surface area contributed by atoms with Crippen molar-refractivity contribution in [3.05, 3.63) is 58.0 Å². The summed E-state index contributed by atoms with van der Waals surface area (Å²) in [6.07, 6.45) is 1.27. The molecule has 1 heterocycles. The number of rotatable bonds is 5. The van der Waals surface area contributed by atoms with Crippen LogP contribution in [0.25, 0.3) is 11.5 Å². The minimum Gasteiger partial charge on any atom is -0.484 e. The van der Waals surface area contributed by atoms with Gasteiger partial charge in [0.1, 0.15) is 5.75 Å². The van der Waals surface area contributed by atoms with E-state index in [4.69, 9.17) is 9.15 Å². The van der Waals surface area contributed by atoms with E-state index in [0.717, 1.165) is 20.4 Å². The predicted octanol–water partition coefficient (Wildman–Crippen LogP) is 3.67. The summed E-state index contributed by atoms with van der Waals surface area (Å²) in [4.78, 5) is 12.0. The molecule has 7 heteroatoms. The van der Waals surface area contributed by atoms with E-state index in [0.29, 0.717) is 11.6 Å². The topological polar surface area (TPSA) is 77.2 Å². The van der Waals surface area contributed by atoms with Crippen LogP contribution in [-0.2, 0) is 4.79 Å². The zero-order valence-electron chi connectivity index (χ0n) is 12.8. The first kappa shape index (κ1) is 16.4. The lowest BCUT2D eigenvalue weighted by Gasteiger charge is -2.10. The second kappa shape index (κ2) is 7.43. The fourth-order valence-electron chi connectivity index (χ4n) is 2.10. The third kappa shape index (κ3) is 4.10. The SMILES string of the molecule is Cc1cc(I)ccc1NC(=O)COc1ccc(-c2nnco2)cc1. The van der Waals surface area contributed by atoms with E-state index in [1.165, 1.54) is 6.39 Å². The third-order valence-electron chi connectivity index (χ3n) is 3.29. The normalized spacial score (nSPS) is 10.4. The molecule has 0 saturated heterocycles. The fraction of sp³-hybridized carbons (Fsp3) is 0.118. The Morgan fingerprint density at radius 2 is 2.04 bits per heavy atom. The molecule has 0 aliphatic rings. The Balaban J connectivity index is 1.56. The lowest BCUT2D eigenvalue weighted by molar-refractivity contribution is -0.118. The predicted molar refractivity (Wildman–Crippen MR) is 97.8 cm³/mol. The lowest BCUT2D eigenvalue weighted by atomic mass is 10.2. The molecule has 0 atom stereocenters. The van der Waals surface area contributed by atoms with Crippen molar-refractivity contribution in [2.75, 3.05) is 11.9 Å². The quantitative estimate of drug-likeness (QED) is 0.619. The molecule has 0 saturated carbocycles. The maximum atomic E-state index is 12.0. The second-order valence-electron chi connectivity index (χ2n) is 5.06. The number of anilines is 1. The smallest absolute Gasteiger partial charge is 0.262 e. The Hall–Kier alpha value is -2.42. The minimum absolute atomic E-state index is 0.0642. The average molecular weight is 435 g/mol. The number of halogens is 1. The molecule has 0 bridgehead atoms. The zero-order valence-corrected chi connectivity index (χ0v) is 15.0. The van der Waals surface area contributed by atoms with E-state index in [1.807, 2.05) is 25.1 Å². The first-order valence-corrected chi connectivity index (χ1v) is 8.25. The van der Waals surface area contributed by atoms with Crippen molar-refractivity contribution in [2.24, 2.45) is 0 Å². The minimum atomic E-state index is -0.208. The highest BCUT2D eigenvalue weighted by molar-refractivity contribution is 14.1. The Morgan fingerprint density at radius 1 is 1.25 bits per heavy atom. The van der Waals surface area contributed by atoms with Gasteiger partial charge < -0.3 is 14.5 Å². The number of nitrogens with one attached hydrogen (secondary N) is 1. The molecule has 0 unspecified atom stereocenters. The summed E-state index contributed by atoms with van der Waals surface area (Å²) in [5, 5.41) is 10.3. The van der Waals surface area contributed by atoms with Crippen molar-refractivity contribution in [2.45, 2.75) is 6.92 Å². The fourth-order valence-corrected chi connectivity index (χ4v) is 2.74. The number of aromatic nitrogens is 2. The number of amides is 1. The number of carbonyl (C=O) groups is 1. The molecule has 1 N–H and O–H groups in total. The molecule has 0 spiro atoms. The molecule has 122 valence electrons. The molecule has 0 aliphatic heterocycles. The van der Waals surface area contributed by atoms with Gasteiger partial charge in [-0.15, -0.1) is 10.2 Å². The Kier molecular flexibility index (Phi) is 5.09. The molecular weight excluding hydrogens is 421 g/mol. The molecule has 2 aromatic carbocycles. The van der Waals surface area contributed by atoms with Crippen LogP contribution in [0.2, 0.25) is 0 Å². The third-order valence-corrected chi connectivity index (χ3v) is 3.96. The van der Waals surface area contributed by atoms with Crippen molar-refractivity contribution in [1.82, 2.24) is 10.2 Å². The van der Waals surface area contributed by atoms with Crippen molar-refractivity contribution in [3.8, 4) is 17.2 Å². The summed E-state index contributed by atoms with van der Waals surface area (Å²) in [5.41, 5.74) is 2.59. The van der Waals surface area contributed by atoms with E-state index in [-0.39, 0.29) is 12.5 Å². The van der Waals surface area contributed by atoms with Crippen LogP contribution >= 0.6 is 22.6 Å². The highest BCUT2D eigenvalue weighted by atomic mass is 127. The Bertz CT molecular complexity index is 833. The summed E-state index contributed by atoms with van der Waals surface area (Å²) in [6.45, 7) is 1.89. The first-order chi connectivity index (χ1) is 11.6. The molecule has 0 fully saturated rings. The molecular formula is C17H14IN3O3. The number of carbonyl (C=O) groups excluding carboxylic acids is 1. The summed E-state index contributed by atoms with van der Waals surface area (Å²) in [5.74, 6) is 0.821. The van der Waals surface area contributed by atoms with E-state index in [9.17, 15) is 4.79 Å². The molecule has 24 heavy (non-hydrogen) atoms. The van der Waals surface area contributed by atoms with Crippen LogP contribution in [-0.4, -0.2) is 22.7 Å². The molecule has 0 aliphatic carbocycles. The van der Waals surface area contributed by atoms with Gasteiger partial charge in [-0.05, 0) is 77.5 Å². The van der Waals surface area contributed by atoms with Gasteiger partial charge in [-0.1, -0.05) is 0 Å². The second-order valence-corrected chi connectivity index (χ2v) is 6.31. The van der Waals surface area contributed by atoms with Crippen molar-refractivity contribution >= 4 is 34.2 Å². The molecule has 1 amide bonds. The van der Waals surface area contributed by atoms with Crippen molar-refractivity contribution < 1.29 is 13.9 Å². The van der Waals surface area contributed by atoms with Gasteiger partial charge in [-0.2, -0.15) is 0 Å². The van der Waals surface area contributed by atoms with E-state index < -0.39 is 0 Å². The number of hydrogen-bond acceptors (Lipinski definition) is 5. The van der Waals surface area contributed by atoms with Crippen LogP contribution in [0.1, 0.15) is 5.56 Å². The van der Waals surface area contributed by atoms with Gasteiger partial charge in [0.15, 0.2) is 6.61 Å². The zero-order chi connectivity index (χ0) is 16.9. The van der Waals surface area contributed by atoms with Crippen molar-refractivity contribution in [1.29, 1.82) is 0 Å². The summed E-state index contributed by atoms with van der Waals surface area (Å²) < 4.78 is 11.7. The average Bonchev–Trinajstić information content (AvgIpc) is 3.11.